The second kappa shape index (κ2) is 7.47. The van der Waals surface area contributed by atoms with Gasteiger partial charge in [0.2, 0.25) is 0 Å². The number of carbonyl (C=O) groups is 1. The Morgan fingerprint density at radius 3 is 2.87 bits per heavy atom. The Morgan fingerprint density at radius 1 is 1.43 bits per heavy atom. The molecular weight excluding hydrogens is 330 g/mol. The van der Waals surface area contributed by atoms with Crippen LogP contribution in [-0.2, 0) is 9.53 Å². The van der Waals surface area contributed by atoms with Crippen LogP contribution >= 0.6 is 24.0 Å². The van der Waals surface area contributed by atoms with Crippen molar-refractivity contribution in [1.29, 1.82) is 0 Å². The Hall–Kier alpha value is -1.37. The average Bonchev–Trinajstić information content (AvgIpc) is 3.14. The van der Waals surface area contributed by atoms with Gasteiger partial charge in [0.1, 0.15) is 10.1 Å². The van der Waals surface area contributed by atoms with E-state index in [0.717, 1.165) is 30.8 Å². The first-order valence-corrected chi connectivity index (χ1v) is 8.99. The van der Waals surface area contributed by atoms with Crippen LogP contribution in [0, 0.1) is 0 Å². The molecular formula is C17H19NO3S2. The molecule has 2 fully saturated rings. The first kappa shape index (κ1) is 16.5. The standard InChI is InChI=1S/C17H19NO3S2/c1-2-20-13-7-5-12(6-8-13)10-15-16(19)18(17(22)23-15)11-14-4-3-9-21-14/h5-8,10,14H,2-4,9,11H2,1H3/b15-10-. The first-order valence-electron chi connectivity index (χ1n) is 7.77. The first-order chi connectivity index (χ1) is 11.2. The van der Waals surface area contributed by atoms with Crippen LogP contribution in [-0.4, -0.2) is 41.0 Å². The van der Waals surface area contributed by atoms with Gasteiger partial charge in [-0.05, 0) is 43.5 Å². The highest BCUT2D eigenvalue weighted by molar-refractivity contribution is 8.26. The quantitative estimate of drug-likeness (QED) is 0.601. The molecule has 6 heteroatoms. The van der Waals surface area contributed by atoms with Crippen molar-refractivity contribution in [2.24, 2.45) is 0 Å². The summed E-state index contributed by atoms with van der Waals surface area (Å²) in [5.74, 6) is 0.806. The number of benzene rings is 1. The Balaban J connectivity index is 1.70. The van der Waals surface area contributed by atoms with E-state index in [2.05, 4.69) is 0 Å². The highest BCUT2D eigenvalue weighted by Crippen LogP contribution is 2.33. The Morgan fingerprint density at radius 2 is 2.22 bits per heavy atom. The van der Waals surface area contributed by atoms with Crippen molar-refractivity contribution in [3.8, 4) is 5.75 Å². The minimum absolute atomic E-state index is 0.0237. The summed E-state index contributed by atoms with van der Waals surface area (Å²) >= 11 is 6.71. The Bertz CT molecular complexity index is 621. The van der Waals surface area contributed by atoms with Crippen LogP contribution in [0.1, 0.15) is 25.3 Å². The van der Waals surface area contributed by atoms with Crippen molar-refractivity contribution in [3.05, 3.63) is 34.7 Å². The average molecular weight is 349 g/mol. The van der Waals surface area contributed by atoms with E-state index >= 15 is 0 Å². The molecule has 3 rings (SSSR count). The van der Waals surface area contributed by atoms with Crippen molar-refractivity contribution >= 4 is 40.3 Å². The molecule has 0 saturated carbocycles. The summed E-state index contributed by atoms with van der Waals surface area (Å²) < 4.78 is 11.6. The van der Waals surface area contributed by atoms with Gasteiger partial charge in [-0.3, -0.25) is 9.69 Å². The van der Waals surface area contributed by atoms with Gasteiger partial charge in [-0.25, -0.2) is 0 Å². The van der Waals surface area contributed by atoms with E-state index in [0.29, 0.717) is 22.4 Å². The minimum Gasteiger partial charge on any atom is -0.494 e. The lowest BCUT2D eigenvalue weighted by Gasteiger charge is -2.18. The highest BCUT2D eigenvalue weighted by atomic mass is 32.2. The van der Waals surface area contributed by atoms with E-state index in [4.69, 9.17) is 21.7 Å². The number of amides is 1. The summed E-state index contributed by atoms with van der Waals surface area (Å²) in [6.07, 6.45) is 4.04. The molecule has 1 aromatic rings. The van der Waals surface area contributed by atoms with E-state index in [9.17, 15) is 4.79 Å². The lowest BCUT2D eigenvalue weighted by Crippen LogP contribution is -2.35. The maximum absolute atomic E-state index is 12.5. The van der Waals surface area contributed by atoms with Gasteiger partial charge in [-0.15, -0.1) is 0 Å². The minimum atomic E-state index is -0.0237. The molecule has 23 heavy (non-hydrogen) atoms. The number of thiocarbonyl (C=S) groups is 1. The Labute approximate surface area is 145 Å². The van der Waals surface area contributed by atoms with Crippen LogP contribution in [0.25, 0.3) is 6.08 Å². The molecule has 1 atom stereocenters. The van der Waals surface area contributed by atoms with Crippen molar-refractivity contribution in [2.75, 3.05) is 19.8 Å². The van der Waals surface area contributed by atoms with Crippen LogP contribution in [0.4, 0.5) is 0 Å². The van der Waals surface area contributed by atoms with Gasteiger partial charge in [0.25, 0.3) is 5.91 Å². The predicted molar refractivity (Wildman–Crippen MR) is 96.5 cm³/mol. The third kappa shape index (κ3) is 3.94. The van der Waals surface area contributed by atoms with Gasteiger partial charge in [0.15, 0.2) is 0 Å². The van der Waals surface area contributed by atoms with Gasteiger partial charge in [0.05, 0.1) is 24.2 Å². The molecule has 2 aliphatic rings. The van der Waals surface area contributed by atoms with E-state index in [1.807, 2.05) is 37.3 Å². The van der Waals surface area contributed by atoms with Gasteiger partial charge in [-0.1, -0.05) is 36.1 Å². The molecule has 2 saturated heterocycles. The van der Waals surface area contributed by atoms with Gasteiger partial charge >= 0.3 is 0 Å². The molecule has 0 spiro atoms. The SMILES string of the molecule is CCOc1ccc(/C=C2\SC(=S)N(CC3CCCO3)C2=O)cc1. The molecule has 2 aliphatic heterocycles. The second-order valence-electron chi connectivity index (χ2n) is 5.43. The largest absolute Gasteiger partial charge is 0.494 e. The third-order valence-corrected chi connectivity index (χ3v) is 5.15. The van der Waals surface area contributed by atoms with Crippen LogP contribution in [0.3, 0.4) is 0 Å². The summed E-state index contributed by atoms with van der Waals surface area (Å²) in [6.45, 7) is 3.93. The van der Waals surface area contributed by atoms with Crippen molar-refractivity contribution in [3.63, 3.8) is 0 Å². The lowest BCUT2D eigenvalue weighted by atomic mass is 10.2. The zero-order valence-electron chi connectivity index (χ0n) is 13.0. The maximum Gasteiger partial charge on any atom is 0.266 e. The normalized spacial score (nSPS) is 23.1. The number of hydrogen-bond acceptors (Lipinski definition) is 5. The van der Waals surface area contributed by atoms with Crippen LogP contribution < -0.4 is 4.74 Å². The van der Waals surface area contributed by atoms with Gasteiger partial charge in [-0.2, -0.15) is 0 Å². The number of thioether (sulfide) groups is 1. The van der Waals surface area contributed by atoms with Crippen molar-refractivity contribution in [1.82, 2.24) is 4.90 Å². The molecule has 2 heterocycles. The summed E-state index contributed by atoms with van der Waals surface area (Å²) in [7, 11) is 0. The molecule has 1 unspecified atom stereocenters. The zero-order chi connectivity index (χ0) is 16.2. The molecule has 0 radical (unpaired) electrons. The summed E-state index contributed by atoms with van der Waals surface area (Å²) in [5, 5.41) is 0. The highest BCUT2D eigenvalue weighted by Gasteiger charge is 2.34. The molecule has 122 valence electrons. The van der Waals surface area contributed by atoms with E-state index in [1.54, 1.807) is 4.90 Å². The fourth-order valence-electron chi connectivity index (χ4n) is 2.63. The number of rotatable bonds is 5. The topological polar surface area (TPSA) is 38.8 Å². The van der Waals surface area contributed by atoms with Crippen LogP contribution in [0.15, 0.2) is 29.2 Å². The molecule has 0 bridgehead atoms. The monoisotopic (exact) mass is 349 g/mol. The smallest absolute Gasteiger partial charge is 0.266 e. The fraction of sp³-hybridized carbons (Fsp3) is 0.412. The Kier molecular flexibility index (Phi) is 5.35. The molecule has 0 N–H and O–H groups in total. The summed E-state index contributed by atoms with van der Waals surface area (Å²) in [6, 6.07) is 7.69. The second-order valence-corrected chi connectivity index (χ2v) is 7.11. The van der Waals surface area contributed by atoms with Gasteiger partial charge < -0.3 is 9.47 Å². The van der Waals surface area contributed by atoms with Crippen LogP contribution in [0.2, 0.25) is 0 Å². The van der Waals surface area contributed by atoms with E-state index in [-0.39, 0.29) is 12.0 Å². The molecule has 1 aromatic carbocycles. The van der Waals surface area contributed by atoms with Crippen molar-refractivity contribution in [2.45, 2.75) is 25.9 Å². The van der Waals surface area contributed by atoms with E-state index in [1.165, 1.54) is 11.8 Å². The summed E-state index contributed by atoms with van der Waals surface area (Å²) in [4.78, 5) is 14.9. The lowest BCUT2D eigenvalue weighted by molar-refractivity contribution is -0.123. The summed E-state index contributed by atoms with van der Waals surface area (Å²) in [5.41, 5.74) is 0.964. The predicted octanol–water partition coefficient (Wildman–Crippen LogP) is 3.47. The number of nitrogens with zero attached hydrogens (tertiary/aromatic N) is 1. The molecule has 1 amide bonds. The fourth-order valence-corrected chi connectivity index (χ4v) is 3.90. The maximum atomic E-state index is 12.5. The molecule has 0 aliphatic carbocycles. The van der Waals surface area contributed by atoms with Crippen LogP contribution in [0.5, 0.6) is 5.75 Å². The zero-order valence-corrected chi connectivity index (χ0v) is 14.6. The number of hydrogen-bond donors (Lipinski definition) is 0. The number of ether oxygens (including phenoxy) is 2. The third-order valence-electron chi connectivity index (χ3n) is 3.77. The molecule has 4 nitrogen and oxygen atoms in total. The van der Waals surface area contributed by atoms with Gasteiger partial charge in [0, 0.05) is 6.61 Å². The van der Waals surface area contributed by atoms with Crippen molar-refractivity contribution < 1.29 is 14.3 Å². The number of carbonyl (C=O) groups excluding carboxylic acids is 1. The van der Waals surface area contributed by atoms with E-state index < -0.39 is 0 Å². The molecule has 0 aromatic heterocycles.